The van der Waals surface area contributed by atoms with Crippen LogP contribution in [0.5, 0.6) is 0 Å². The van der Waals surface area contributed by atoms with Gasteiger partial charge in [0.1, 0.15) is 0 Å². The molecular weight excluding hydrogens is 330 g/mol. The molecule has 1 aromatic carbocycles. The molecule has 1 saturated heterocycles. The number of amides is 3. The minimum absolute atomic E-state index is 0.0359. The summed E-state index contributed by atoms with van der Waals surface area (Å²) in [6.45, 7) is 2.39. The lowest BCUT2D eigenvalue weighted by atomic mass is 10.1. The lowest BCUT2D eigenvalue weighted by Gasteiger charge is -2.35. The molecule has 0 spiro atoms. The molecule has 1 heterocycles. The molecule has 3 amide bonds. The number of unbranched alkanes of at least 4 members (excludes halogenated alkanes) is 3. The third kappa shape index (κ3) is 6.17. The number of nitrogens with one attached hydrogen (secondary N) is 1. The van der Waals surface area contributed by atoms with E-state index in [9.17, 15) is 14.4 Å². The van der Waals surface area contributed by atoms with Gasteiger partial charge in [-0.25, -0.2) is 0 Å². The van der Waals surface area contributed by atoms with E-state index in [0.717, 1.165) is 25.7 Å². The molecule has 0 bridgehead atoms. The first-order valence-electron chi connectivity index (χ1n) is 9.44. The van der Waals surface area contributed by atoms with E-state index in [1.807, 2.05) is 40.1 Å². The highest BCUT2D eigenvalue weighted by Gasteiger charge is 2.24. The first kappa shape index (κ1) is 19.9. The summed E-state index contributed by atoms with van der Waals surface area (Å²) in [5.74, 6) is 0.279. The summed E-state index contributed by atoms with van der Waals surface area (Å²) in [5.41, 5.74) is 0.698. The van der Waals surface area contributed by atoms with Crippen LogP contribution in [0.4, 0.5) is 0 Å². The van der Waals surface area contributed by atoms with E-state index in [4.69, 9.17) is 0 Å². The molecule has 1 N–H and O–H groups in total. The Balaban J connectivity index is 1.62. The summed E-state index contributed by atoms with van der Waals surface area (Å²) < 4.78 is 0. The molecule has 1 aliphatic heterocycles. The number of nitrogens with zero attached hydrogens (tertiary/aromatic N) is 2. The van der Waals surface area contributed by atoms with Gasteiger partial charge in [-0.2, -0.15) is 0 Å². The van der Waals surface area contributed by atoms with E-state index in [1.165, 1.54) is 0 Å². The van der Waals surface area contributed by atoms with Crippen molar-refractivity contribution in [3.63, 3.8) is 0 Å². The molecule has 6 nitrogen and oxygen atoms in total. The van der Waals surface area contributed by atoms with Gasteiger partial charge in [-0.3, -0.25) is 14.4 Å². The fourth-order valence-corrected chi connectivity index (χ4v) is 3.12. The lowest BCUT2D eigenvalue weighted by molar-refractivity contribution is -0.132. The second-order valence-electron chi connectivity index (χ2n) is 6.63. The number of carbonyl (C=O) groups excluding carboxylic acids is 3. The van der Waals surface area contributed by atoms with Crippen LogP contribution < -0.4 is 5.32 Å². The summed E-state index contributed by atoms with van der Waals surface area (Å²) >= 11 is 0. The topological polar surface area (TPSA) is 69.7 Å². The molecule has 1 fully saturated rings. The van der Waals surface area contributed by atoms with Crippen LogP contribution in [0.25, 0.3) is 0 Å². The predicted octanol–water partition coefficient (Wildman–Crippen LogP) is 2.06. The van der Waals surface area contributed by atoms with Crippen molar-refractivity contribution in [2.24, 2.45) is 0 Å². The number of benzene rings is 1. The van der Waals surface area contributed by atoms with Crippen molar-refractivity contribution >= 4 is 17.7 Å². The third-order valence-electron chi connectivity index (χ3n) is 4.76. The van der Waals surface area contributed by atoms with Crippen molar-refractivity contribution in [1.82, 2.24) is 15.1 Å². The number of hydrogen-bond donors (Lipinski definition) is 1. The summed E-state index contributed by atoms with van der Waals surface area (Å²) in [6, 6.07) is 9.27. The van der Waals surface area contributed by atoms with Crippen LogP contribution in [0.1, 0.15) is 48.9 Å². The van der Waals surface area contributed by atoms with Gasteiger partial charge in [-0.1, -0.05) is 31.0 Å². The Morgan fingerprint density at radius 2 is 1.42 bits per heavy atom. The number of hydrogen-bond acceptors (Lipinski definition) is 3. The van der Waals surface area contributed by atoms with E-state index in [0.29, 0.717) is 44.6 Å². The van der Waals surface area contributed by atoms with Crippen molar-refractivity contribution in [1.29, 1.82) is 0 Å². The maximum absolute atomic E-state index is 12.4. The Bertz CT molecular complexity index is 596. The van der Waals surface area contributed by atoms with Crippen LogP contribution >= 0.6 is 0 Å². The standard InChI is InChI=1S/C20H29N3O3/c1-21-18(24)11-7-2-3-8-12-19(25)22-13-15-23(16-14-22)20(26)17-9-5-4-6-10-17/h4-6,9-10H,2-3,7-8,11-16H2,1H3,(H,21,24). The zero-order valence-electron chi connectivity index (χ0n) is 15.6. The average Bonchev–Trinajstić information content (AvgIpc) is 2.70. The van der Waals surface area contributed by atoms with Crippen molar-refractivity contribution in [3.8, 4) is 0 Å². The van der Waals surface area contributed by atoms with Gasteiger partial charge in [0, 0.05) is 51.6 Å². The maximum Gasteiger partial charge on any atom is 0.253 e. The van der Waals surface area contributed by atoms with Gasteiger partial charge in [-0.05, 0) is 25.0 Å². The molecule has 0 radical (unpaired) electrons. The highest BCUT2D eigenvalue weighted by molar-refractivity contribution is 5.94. The summed E-state index contributed by atoms with van der Waals surface area (Å²) in [4.78, 5) is 39.5. The molecule has 142 valence electrons. The Labute approximate surface area is 155 Å². The minimum Gasteiger partial charge on any atom is -0.359 e. The molecule has 1 aromatic rings. The van der Waals surface area contributed by atoms with Crippen LogP contribution in [0.15, 0.2) is 30.3 Å². The summed E-state index contributed by atoms with van der Waals surface area (Å²) in [7, 11) is 1.65. The monoisotopic (exact) mass is 359 g/mol. The van der Waals surface area contributed by atoms with Gasteiger partial charge in [-0.15, -0.1) is 0 Å². The van der Waals surface area contributed by atoms with Crippen molar-refractivity contribution < 1.29 is 14.4 Å². The van der Waals surface area contributed by atoms with Crippen molar-refractivity contribution in [2.45, 2.75) is 38.5 Å². The predicted molar refractivity (Wildman–Crippen MR) is 101 cm³/mol. The molecule has 2 rings (SSSR count). The first-order chi connectivity index (χ1) is 12.6. The highest BCUT2D eigenvalue weighted by Crippen LogP contribution is 2.12. The molecule has 0 saturated carbocycles. The smallest absolute Gasteiger partial charge is 0.253 e. The summed E-state index contributed by atoms with van der Waals surface area (Å²) in [5, 5.41) is 2.61. The summed E-state index contributed by atoms with van der Waals surface area (Å²) in [6.07, 6.45) is 4.77. The van der Waals surface area contributed by atoms with Gasteiger partial charge < -0.3 is 15.1 Å². The van der Waals surface area contributed by atoms with Gasteiger partial charge in [0.2, 0.25) is 11.8 Å². The zero-order valence-corrected chi connectivity index (χ0v) is 15.6. The lowest BCUT2D eigenvalue weighted by Crippen LogP contribution is -2.50. The molecule has 0 atom stereocenters. The van der Waals surface area contributed by atoms with Crippen molar-refractivity contribution in [2.75, 3.05) is 33.2 Å². The second-order valence-corrected chi connectivity index (χ2v) is 6.63. The van der Waals surface area contributed by atoms with Crippen LogP contribution in [-0.2, 0) is 9.59 Å². The fraction of sp³-hybridized carbons (Fsp3) is 0.550. The number of carbonyl (C=O) groups is 3. The molecule has 0 aliphatic carbocycles. The average molecular weight is 359 g/mol. The second kappa shape index (κ2) is 10.6. The van der Waals surface area contributed by atoms with Gasteiger partial charge in [0.25, 0.3) is 5.91 Å². The van der Waals surface area contributed by atoms with Crippen LogP contribution in [-0.4, -0.2) is 60.7 Å². The van der Waals surface area contributed by atoms with E-state index in [-0.39, 0.29) is 17.7 Å². The Morgan fingerprint density at radius 3 is 2.04 bits per heavy atom. The fourth-order valence-electron chi connectivity index (χ4n) is 3.12. The van der Waals surface area contributed by atoms with Crippen LogP contribution in [0, 0.1) is 0 Å². The zero-order chi connectivity index (χ0) is 18.8. The Hall–Kier alpha value is -2.37. The Kier molecular flexibility index (Phi) is 8.12. The number of piperazine rings is 1. The highest BCUT2D eigenvalue weighted by atomic mass is 16.2. The quantitative estimate of drug-likeness (QED) is 0.722. The number of rotatable bonds is 8. The largest absolute Gasteiger partial charge is 0.359 e. The van der Waals surface area contributed by atoms with Gasteiger partial charge in [0.05, 0.1) is 0 Å². The van der Waals surface area contributed by atoms with Gasteiger partial charge >= 0.3 is 0 Å². The SMILES string of the molecule is CNC(=O)CCCCCCC(=O)N1CCN(C(=O)c2ccccc2)CC1. The van der Waals surface area contributed by atoms with Gasteiger partial charge in [0.15, 0.2) is 0 Å². The van der Waals surface area contributed by atoms with Crippen molar-refractivity contribution in [3.05, 3.63) is 35.9 Å². The molecular formula is C20H29N3O3. The van der Waals surface area contributed by atoms with E-state index in [1.54, 1.807) is 7.05 Å². The van der Waals surface area contributed by atoms with E-state index in [2.05, 4.69) is 5.32 Å². The molecule has 1 aliphatic rings. The Morgan fingerprint density at radius 1 is 0.846 bits per heavy atom. The molecule has 6 heteroatoms. The third-order valence-corrected chi connectivity index (χ3v) is 4.76. The van der Waals surface area contributed by atoms with E-state index >= 15 is 0 Å². The van der Waals surface area contributed by atoms with Crippen LogP contribution in [0.2, 0.25) is 0 Å². The van der Waals surface area contributed by atoms with E-state index < -0.39 is 0 Å². The minimum atomic E-state index is 0.0359. The molecule has 26 heavy (non-hydrogen) atoms. The normalized spacial score (nSPS) is 14.2. The molecule has 0 aromatic heterocycles. The first-order valence-corrected chi connectivity index (χ1v) is 9.44. The molecule has 0 unspecified atom stereocenters. The van der Waals surface area contributed by atoms with Crippen LogP contribution in [0.3, 0.4) is 0 Å². The maximum atomic E-state index is 12.4.